The molecular formula is C27H27F3N2O2. The summed E-state index contributed by atoms with van der Waals surface area (Å²) >= 11 is 0. The molecule has 34 heavy (non-hydrogen) atoms. The fourth-order valence-corrected chi connectivity index (χ4v) is 4.66. The number of rotatable bonds is 7. The van der Waals surface area contributed by atoms with Crippen LogP contribution in [0.5, 0.6) is 0 Å². The second-order valence-electron chi connectivity index (χ2n) is 8.71. The number of carbonyl (C=O) groups is 1. The number of halogens is 3. The molecule has 1 heterocycles. The third-order valence-corrected chi connectivity index (χ3v) is 6.65. The van der Waals surface area contributed by atoms with E-state index >= 15 is 0 Å². The van der Waals surface area contributed by atoms with Crippen LogP contribution in [0.3, 0.4) is 0 Å². The van der Waals surface area contributed by atoms with Crippen molar-refractivity contribution in [2.24, 2.45) is 0 Å². The molecule has 7 heteroatoms. The second-order valence-corrected chi connectivity index (χ2v) is 8.71. The third kappa shape index (κ3) is 4.80. The minimum Gasteiger partial charge on any atom is -0.396 e. The molecule has 3 aromatic carbocycles. The van der Waals surface area contributed by atoms with Crippen LogP contribution in [0.15, 0.2) is 66.7 Å². The number of amides is 2. The minimum absolute atomic E-state index is 0.0000687. The van der Waals surface area contributed by atoms with Gasteiger partial charge >= 0.3 is 6.03 Å². The maximum atomic E-state index is 14.1. The summed E-state index contributed by atoms with van der Waals surface area (Å²) < 4.78 is 40.8. The molecule has 0 aliphatic carbocycles. The molecule has 1 saturated heterocycles. The van der Waals surface area contributed by atoms with E-state index in [9.17, 15) is 23.1 Å². The molecule has 0 saturated carbocycles. The molecule has 4 rings (SSSR count). The van der Waals surface area contributed by atoms with Crippen molar-refractivity contribution in [2.75, 3.05) is 13.2 Å². The van der Waals surface area contributed by atoms with Crippen molar-refractivity contribution >= 4 is 6.03 Å². The maximum Gasteiger partial charge on any atom is 0.318 e. The Morgan fingerprint density at radius 3 is 2.29 bits per heavy atom. The van der Waals surface area contributed by atoms with Gasteiger partial charge in [-0.1, -0.05) is 36.4 Å². The highest BCUT2D eigenvalue weighted by Crippen LogP contribution is 2.36. The smallest absolute Gasteiger partial charge is 0.318 e. The lowest BCUT2D eigenvalue weighted by Crippen LogP contribution is -2.58. The summed E-state index contributed by atoms with van der Waals surface area (Å²) in [6, 6.07) is 16.3. The lowest BCUT2D eigenvalue weighted by Gasteiger charge is -2.45. The zero-order valence-electron chi connectivity index (χ0n) is 18.9. The van der Waals surface area contributed by atoms with E-state index in [1.54, 1.807) is 29.2 Å². The van der Waals surface area contributed by atoms with Crippen LogP contribution in [-0.2, 0) is 5.54 Å². The number of aliphatic hydroxyl groups excluding tert-OH is 1. The van der Waals surface area contributed by atoms with Crippen molar-refractivity contribution < 1.29 is 23.1 Å². The Hall–Kier alpha value is -3.32. The van der Waals surface area contributed by atoms with E-state index in [0.717, 1.165) is 17.2 Å². The molecule has 0 aromatic heterocycles. The molecule has 178 valence electrons. The number of urea groups is 1. The van der Waals surface area contributed by atoms with Gasteiger partial charge in [-0.25, -0.2) is 18.0 Å². The molecule has 2 amide bonds. The number of carbonyl (C=O) groups excluding carboxylic acids is 1. The summed E-state index contributed by atoms with van der Waals surface area (Å²) in [4.78, 5) is 14.9. The maximum absolute atomic E-state index is 14.1. The summed E-state index contributed by atoms with van der Waals surface area (Å²) in [6.07, 6.45) is 1.66. The van der Waals surface area contributed by atoms with E-state index in [2.05, 4.69) is 5.32 Å². The van der Waals surface area contributed by atoms with Crippen molar-refractivity contribution in [3.8, 4) is 11.1 Å². The van der Waals surface area contributed by atoms with Gasteiger partial charge in [0.1, 0.15) is 17.5 Å². The molecule has 1 aliphatic rings. The molecule has 0 spiro atoms. The van der Waals surface area contributed by atoms with Gasteiger partial charge in [0.2, 0.25) is 0 Å². The van der Waals surface area contributed by atoms with Crippen LogP contribution in [0.2, 0.25) is 0 Å². The highest BCUT2D eigenvalue weighted by atomic mass is 19.1. The Morgan fingerprint density at radius 1 is 1.00 bits per heavy atom. The first-order valence-electron chi connectivity index (χ1n) is 11.3. The second kappa shape index (κ2) is 9.89. The van der Waals surface area contributed by atoms with Gasteiger partial charge < -0.3 is 15.3 Å². The van der Waals surface area contributed by atoms with Crippen LogP contribution in [0.4, 0.5) is 18.0 Å². The Morgan fingerprint density at radius 2 is 1.68 bits per heavy atom. The van der Waals surface area contributed by atoms with Gasteiger partial charge in [-0.2, -0.15) is 0 Å². The van der Waals surface area contributed by atoms with Crippen LogP contribution in [0, 0.1) is 17.5 Å². The van der Waals surface area contributed by atoms with Crippen molar-refractivity contribution in [3.63, 3.8) is 0 Å². The van der Waals surface area contributed by atoms with E-state index < -0.39 is 17.2 Å². The normalized spacial score (nSPS) is 19.1. The number of aliphatic hydroxyl groups is 1. The van der Waals surface area contributed by atoms with E-state index in [1.807, 2.05) is 19.1 Å². The molecule has 2 N–H and O–H groups in total. The summed E-state index contributed by atoms with van der Waals surface area (Å²) in [5.41, 5.74) is 1.95. The lowest BCUT2D eigenvalue weighted by atomic mass is 9.81. The summed E-state index contributed by atoms with van der Waals surface area (Å²) in [5.74, 6) is -1.60. The molecule has 1 aliphatic heterocycles. The summed E-state index contributed by atoms with van der Waals surface area (Å²) in [6.45, 7) is 2.40. The topological polar surface area (TPSA) is 52.6 Å². The molecule has 3 aromatic rings. The van der Waals surface area contributed by atoms with Crippen LogP contribution in [0.1, 0.15) is 43.4 Å². The SMILES string of the molecule is CC(c1ccc(-c2ccc(F)cc2F)cc1)N1CCC(CCCO)(c2ccc(F)cc2)NC1=O. The number of benzene rings is 3. The first-order chi connectivity index (χ1) is 16.3. The highest BCUT2D eigenvalue weighted by molar-refractivity contribution is 5.77. The summed E-state index contributed by atoms with van der Waals surface area (Å²) in [5, 5.41) is 12.5. The van der Waals surface area contributed by atoms with Crippen LogP contribution in [0.25, 0.3) is 11.1 Å². The van der Waals surface area contributed by atoms with E-state index in [4.69, 9.17) is 0 Å². The van der Waals surface area contributed by atoms with Crippen LogP contribution >= 0.6 is 0 Å². The van der Waals surface area contributed by atoms with Gasteiger partial charge in [0.05, 0.1) is 11.6 Å². The van der Waals surface area contributed by atoms with Crippen molar-refractivity contribution in [1.29, 1.82) is 0 Å². The first-order valence-corrected chi connectivity index (χ1v) is 11.3. The Labute approximate surface area is 197 Å². The third-order valence-electron chi connectivity index (χ3n) is 6.65. The standard InChI is InChI=1S/C27H27F3N2O2/c1-18(19-3-5-20(6-4-19)24-12-11-23(29)17-25(24)30)32-15-14-27(13-2-16-33,31-26(32)34)21-7-9-22(28)10-8-21/h3-12,17-18,33H,2,13-16H2,1H3,(H,31,34). The monoisotopic (exact) mass is 468 g/mol. The highest BCUT2D eigenvalue weighted by Gasteiger charge is 2.40. The number of nitrogens with one attached hydrogen (secondary N) is 1. The van der Waals surface area contributed by atoms with Crippen molar-refractivity contribution in [1.82, 2.24) is 10.2 Å². The first kappa shape index (κ1) is 23.8. The molecule has 4 nitrogen and oxygen atoms in total. The largest absolute Gasteiger partial charge is 0.396 e. The van der Waals surface area contributed by atoms with E-state index in [-0.39, 0.29) is 24.5 Å². The van der Waals surface area contributed by atoms with Gasteiger partial charge in [-0.05, 0) is 67.1 Å². The van der Waals surface area contributed by atoms with E-state index in [1.165, 1.54) is 24.3 Å². The average Bonchev–Trinajstić information content (AvgIpc) is 2.83. The van der Waals surface area contributed by atoms with Gasteiger partial charge in [-0.15, -0.1) is 0 Å². The van der Waals surface area contributed by atoms with Gasteiger partial charge in [0.15, 0.2) is 0 Å². The molecule has 1 fully saturated rings. The predicted octanol–water partition coefficient (Wildman–Crippen LogP) is 5.92. The lowest BCUT2D eigenvalue weighted by molar-refractivity contribution is 0.117. The molecule has 2 atom stereocenters. The Kier molecular flexibility index (Phi) is 6.93. The zero-order chi connectivity index (χ0) is 24.3. The Bertz CT molecular complexity index is 1150. The van der Waals surface area contributed by atoms with Crippen molar-refractivity contribution in [3.05, 3.63) is 95.3 Å². The van der Waals surface area contributed by atoms with Gasteiger partial charge in [0.25, 0.3) is 0 Å². The van der Waals surface area contributed by atoms with Crippen LogP contribution < -0.4 is 5.32 Å². The fourth-order valence-electron chi connectivity index (χ4n) is 4.66. The molecule has 2 unspecified atom stereocenters. The van der Waals surface area contributed by atoms with Crippen molar-refractivity contribution in [2.45, 2.75) is 37.8 Å². The number of hydrogen-bond acceptors (Lipinski definition) is 2. The predicted molar refractivity (Wildman–Crippen MR) is 124 cm³/mol. The molecule has 0 radical (unpaired) electrons. The summed E-state index contributed by atoms with van der Waals surface area (Å²) in [7, 11) is 0. The Balaban J connectivity index is 1.52. The molecular weight excluding hydrogens is 441 g/mol. The van der Waals surface area contributed by atoms with E-state index in [0.29, 0.717) is 36.9 Å². The average molecular weight is 469 g/mol. The minimum atomic E-state index is -0.673. The van der Waals surface area contributed by atoms with Gasteiger partial charge in [-0.3, -0.25) is 0 Å². The molecule has 0 bridgehead atoms. The zero-order valence-corrected chi connectivity index (χ0v) is 18.9. The fraction of sp³-hybridized carbons (Fsp3) is 0.296. The number of nitrogens with zero attached hydrogens (tertiary/aromatic N) is 1. The van der Waals surface area contributed by atoms with Gasteiger partial charge in [0, 0.05) is 24.8 Å². The quantitative estimate of drug-likeness (QED) is 0.453. The van der Waals surface area contributed by atoms with Crippen LogP contribution in [-0.4, -0.2) is 29.2 Å². The number of hydrogen-bond donors (Lipinski definition) is 2.